The predicted octanol–water partition coefficient (Wildman–Crippen LogP) is 4.40. The average molecular weight is 368 g/mol. The van der Waals surface area contributed by atoms with Crippen LogP contribution in [-0.4, -0.2) is 39.9 Å². The smallest absolute Gasteiger partial charge is 0.179 e. The second kappa shape index (κ2) is 7.58. The SMILES string of the molecule is CC1=C(N2CCCCC2)N(c2cc(C)[nH]n2)C(Sc2ccccc2)N=C1. The van der Waals surface area contributed by atoms with Gasteiger partial charge in [0.1, 0.15) is 5.82 Å². The number of allylic oxidation sites excluding steroid dienone is 1. The highest BCUT2D eigenvalue weighted by atomic mass is 32.2. The number of anilines is 1. The first-order chi connectivity index (χ1) is 12.7. The fourth-order valence-electron chi connectivity index (χ4n) is 3.55. The molecule has 136 valence electrons. The van der Waals surface area contributed by atoms with E-state index in [9.17, 15) is 0 Å². The van der Waals surface area contributed by atoms with Crippen molar-refractivity contribution in [1.82, 2.24) is 15.1 Å². The maximum Gasteiger partial charge on any atom is 0.179 e. The number of nitrogens with zero attached hydrogens (tertiary/aromatic N) is 4. The molecule has 0 saturated carbocycles. The number of aromatic amines is 1. The largest absolute Gasteiger partial charge is 0.358 e. The first kappa shape index (κ1) is 17.2. The minimum atomic E-state index is -0.0549. The normalized spacial score (nSPS) is 20.8. The summed E-state index contributed by atoms with van der Waals surface area (Å²) >= 11 is 1.76. The number of likely N-dealkylation sites (tertiary alicyclic amines) is 1. The number of aromatic nitrogens is 2. The van der Waals surface area contributed by atoms with Crippen LogP contribution in [0.5, 0.6) is 0 Å². The second-order valence-electron chi connectivity index (χ2n) is 6.87. The molecule has 1 unspecified atom stereocenters. The van der Waals surface area contributed by atoms with Gasteiger partial charge in [0.25, 0.3) is 0 Å². The van der Waals surface area contributed by atoms with E-state index in [2.05, 4.69) is 57.3 Å². The predicted molar refractivity (Wildman–Crippen MR) is 109 cm³/mol. The van der Waals surface area contributed by atoms with Gasteiger partial charge in [0.2, 0.25) is 0 Å². The van der Waals surface area contributed by atoms with Crippen LogP contribution in [0.2, 0.25) is 0 Å². The quantitative estimate of drug-likeness (QED) is 0.870. The molecular formula is C20H25N5S. The fourth-order valence-corrected chi connectivity index (χ4v) is 4.55. The van der Waals surface area contributed by atoms with Crippen molar-refractivity contribution in [3.63, 3.8) is 0 Å². The molecule has 2 aliphatic rings. The Balaban J connectivity index is 1.71. The zero-order valence-corrected chi connectivity index (χ0v) is 16.2. The lowest BCUT2D eigenvalue weighted by Crippen LogP contribution is -2.45. The van der Waals surface area contributed by atoms with Gasteiger partial charge in [0.15, 0.2) is 11.3 Å². The molecular weight excluding hydrogens is 342 g/mol. The standard InChI is InChI=1S/C20H25N5S/c1-15-14-21-20(26-17-9-5-3-6-10-17)25(18-13-16(2)22-23-18)19(15)24-11-7-4-8-12-24/h3,5-6,9-10,13-14,20H,4,7-8,11-12H2,1-2H3,(H,22,23). The Bertz CT molecular complexity index is 805. The van der Waals surface area contributed by atoms with Crippen LogP contribution in [0, 0.1) is 6.92 Å². The van der Waals surface area contributed by atoms with E-state index in [0.29, 0.717) is 0 Å². The number of thioether (sulfide) groups is 1. The summed E-state index contributed by atoms with van der Waals surface area (Å²) in [5.74, 6) is 2.19. The molecule has 3 heterocycles. The lowest BCUT2D eigenvalue weighted by atomic mass is 10.1. The van der Waals surface area contributed by atoms with Gasteiger partial charge in [-0.2, -0.15) is 5.10 Å². The van der Waals surface area contributed by atoms with Crippen molar-refractivity contribution in [3.05, 3.63) is 53.5 Å². The van der Waals surface area contributed by atoms with Crippen LogP contribution in [0.3, 0.4) is 0 Å². The van der Waals surface area contributed by atoms with Gasteiger partial charge in [-0.15, -0.1) is 0 Å². The first-order valence-corrected chi connectivity index (χ1v) is 10.1. The Kier molecular flexibility index (Phi) is 5.02. The highest BCUT2D eigenvalue weighted by Gasteiger charge is 2.32. The Morgan fingerprint density at radius 3 is 2.54 bits per heavy atom. The number of aliphatic imine (C=N–C) groups is 1. The average Bonchev–Trinajstić information content (AvgIpc) is 3.10. The number of aryl methyl sites for hydroxylation is 1. The lowest BCUT2D eigenvalue weighted by Gasteiger charge is -2.41. The maximum atomic E-state index is 4.84. The number of piperidine rings is 1. The van der Waals surface area contributed by atoms with Crippen LogP contribution < -0.4 is 4.90 Å². The number of hydrogen-bond acceptors (Lipinski definition) is 5. The van der Waals surface area contributed by atoms with Crippen molar-refractivity contribution in [2.24, 2.45) is 4.99 Å². The summed E-state index contributed by atoms with van der Waals surface area (Å²) in [6, 6.07) is 12.6. The van der Waals surface area contributed by atoms with Gasteiger partial charge in [0, 0.05) is 41.5 Å². The topological polar surface area (TPSA) is 47.5 Å². The summed E-state index contributed by atoms with van der Waals surface area (Å²) in [4.78, 5) is 10.9. The summed E-state index contributed by atoms with van der Waals surface area (Å²) < 4.78 is 0. The molecule has 4 rings (SSSR count). The Morgan fingerprint density at radius 2 is 1.85 bits per heavy atom. The number of H-pyrrole nitrogens is 1. The fraction of sp³-hybridized carbons (Fsp3) is 0.400. The van der Waals surface area contributed by atoms with Gasteiger partial charge in [-0.1, -0.05) is 30.0 Å². The molecule has 6 heteroatoms. The van der Waals surface area contributed by atoms with Crippen molar-refractivity contribution in [2.75, 3.05) is 18.0 Å². The molecule has 0 bridgehead atoms. The summed E-state index contributed by atoms with van der Waals surface area (Å²) in [6.45, 7) is 6.40. The van der Waals surface area contributed by atoms with Gasteiger partial charge in [-0.25, -0.2) is 0 Å². The van der Waals surface area contributed by atoms with E-state index >= 15 is 0 Å². The molecule has 1 atom stereocenters. The number of rotatable bonds is 4. The lowest BCUT2D eigenvalue weighted by molar-refractivity contribution is 0.274. The molecule has 1 N–H and O–H groups in total. The van der Waals surface area contributed by atoms with Crippen molar-refractivity contribution in [3.8, 4) is 0 Å². The van der Waals surface area contributed by atoms with E-state index in [0.717, 1.165) is 24.6 Å². The Morgan fingerprint density at radius 1 is 1.08 bits per heavy atom. The molecule has 0 aliphatic carbocycles. The van der Waals surface area contributed by atoms with E-state index < -0.39 is 0 Å². The summed E-state index contributed by atoms with van der Waals surface area (Å²) in [6.07, 6.45) is 5.84. The van der Waals surface area contributed by atoms with Crippen molar-refractivity contribution >= 4 is 23.8 Å². The van der Waals surface area contributed by atoms with Crippen LogP contribution in [0.25, 0.3) is 0 Å². The number of hydrogen-bond donors (Lipinski definition) is 1. The summed E-state index contributed by atoms with van der Waals surface area (Å²) in [5, 5.41) is 7.66. The molecule has 1 aromatic heterocycles. The highest BCUT2D eigenvalue weighted by Crippen LogP contribution is 2.37. The molecule has 0 radical (unpaired) electrons. The van der Waals surface area contributed by atoms with Crippen LogP contribution in [-0.2, 0) is 0 Å². The van der Waals surface area contributed by atoms with Gasteiger partial charge < -0.3 is 4.90 Å². The molecule has 1 fully saturated rings. The third-order valence-electron chi connectivity index (χ3n) is 4.78. The highest BCUT2D eigenvalue weighted by molar-refractivity contribution is 8.00. The molecule has 1 aromatic carbocycles. The van der Waals surface area contributed by atoms with Crippen LogP contribution >= 0.6 is 11.8 Å². The molecule has 5 nitrogen and oxygen atoms in total. The minimum Gasteiger partial charge on any atom is -0.358 e. The third kappa shape index (κ3) is 3.51. The maximum absolute atomic E-state index is 4.84. The molecule has 1 saturated heterocycles. The van der Waals surface area contributed by atoms with E-state index in [1.807, 2.05) is 19.2 Å². The second-order valence-corrected chi connectivity index (χ2v) is 8.00. The Hall–Kier alpha value is -2.21. The van der Waals surface area contributed by atoms with Gasteiger partial charge in [-0.05, 0) is 45.2 Å². The molecule has 2 aromatic rings. The molecule has 2 aliphatic heterocycles. The van der Waals surface area contributed by atoms with Gasteiger partial charge >= 0.3 is 0 Å². The van der Waals surface area contributed by atoms with Crippen molar-refractivity contribution in [1.29, 1.82) is 0 Å². The zero-order chi connectivity index (χ0) is 17.9. The monoisotopic (exact) mass is 367 g/mol. The van der Waals surface area contributed by atoms with E-state index in [4.69, 9.17) is 4.99 Å². The van der Waals surface area contributed by atoms with Crippen molar-refractivity contribution < 1.29 is 0 Å². The molecule has 0 spiro atoms. The van der Waals surface area contributed by atoms with Gasteiger partial charge in [-0.3, -0.25) is 15.0 Å². The minimum absolute atomic E-state index is 0.0549. The zero-order valence-electron chi connectivity index (χ0n) is 15.4. The first-order valence-electron chi connectivity index (χ1n) is 9.24. The van der Waals surface area contributed by atoms with E-state index in [-0.39, 0.29) is 5.50 Å². The van der Waals surface area contributed by atoms with Crippen LogP contribution in [0.1, 0.15) is 31.9 Å². The number of nitrogens with one attached hydrogen (secondary N) is 1. The number of benzene rings is 1. The molecule has 26 heavy (non-hydrogen) atoms. The van der Waals surface area contributed by atoms with Crippen LogP contribution in [0.15, 0.2) is 57.7 Å². The summed E-state index contributed by atoms with van der Waals surface area (Å²) in [5.41, 5.74) is 2.21. The van der Waals surface area contributed by atoms with E-state index in [1.54, 1.807) is 11.8 Å². The van der Waals surface area contributed by atoms with Crippen LogP contribution in [0.4, 0.5) is 5.82 Å². The van der Waals surface area contributed by atoms with Crippen molar-refractivity contribution in [2.45, 2.75) is 43.5 Å². The Labute approximate surface area is 159 Å². The molecule has 0 amide bonds. The third-order valence-corrected chi connectivity index (χ3v) is 5.86. The van der Waals surface area contributed by atoms with E-state index in [1.165, 1.54) is 35.6 Å². The summed E-state index contributed by atoms with van der Waals surface area (Å²) in [7, 11) is 0. The van der Waals surface area contributed by atoms with Gasteiger partial charge in [0.05, 0.1) is 0 Å².